The quantitative estimate of drug-likeness (QED) is 0.481. The lowest BCUT2D eigenvalue weighted by molar-refractivity contribution is -0.384. The predicted octanol–water partition coefficient (Wildman–Crippen LogP) is 3.18. The van der Waals surface area contributed by atoms with Crippen LogP contribution in [0, 0.1) is 15.9 Å². The average molecular weight is 288 g/mol. The normalized spacial score (nSPS) is 10.2. The number of hydrogen-bond donors (Lipinski definition) is 0. The van der Waals surface area contributed by atoms with Gasteiger partial charge in [-0.05, 0) is 23.8 Å². The average Bonchev–Trinajstić information content (AvgIpc) is 2.48. The zero-order chi connectivity index (χ0) is 15.4. The number of non-ortho nitro benzene ring substituents is 1. The third kappa shape index (κ3) is 3.42. The SMILES string of the molecule is CN(Cc1ccc(F)cc1)c1ccc([N+](=O)[O-])cc1C=O. The third-order valence-electron chi connectivity index (χ3n) is 3.09. The summed E-state index contributed by atoms with van der Waals surface area (Å²) >= 11 is 0. The highest BCUT2D eigenvalue weighted by Crippen LogP contribution is 2.24. The van der Waals surface area contributed by atoms with Gasteiger partial charge in [-0.25, -0.2) is 4.39 Å². The van der Waals surface area contributed by atoms with Gasteiger partial charge >= 0.3 is 0 Å². The molecule has 0 aliphatic heterocycles. The molecule has 0 unspecified atom stereocenters. The summed E-state index contributed by atoms with van der Waals surface area (Å²) in [5.41, 5.74) is 1.57. The fraction of sp³-hybridized carbons (Fsp3) is 0.133. The third-order valence-corrected chi connectivity index (χ3v) is 3.09. The van der Waals surface area contributed by atoms with E-state index in [2.05, 4.69) is 0 Å². The van der Waals surface area contributed by atoms with Gasteiger partial charge in [0.05, 0.1) is 4.92 Å². The van der Waals surface area contributed by atoms with E-state index in [4.69, 9.17) is 0 Å². The van der Waals surface area contributed by atoms with E-state index in [-0.39, 0.29) is 17.1 Å². The number of carbonyl (C=O) groups excluding carboxylic acids is 1. The summed E-state index contributed by atoms with van der Waals surface area (Å²) in [6.45, 7) is 0.457. The summed E-state index contributed by atoms with van der Waals surface area (Å²) in [6, 6.07) is 10.1. The van der Waals surface area contributed by atoms with Crippen LogP contribution in [0.15, 0.2) is 42.5 Å². The number of carbonyl (C=O) groups is 1. The van der Waals surface area contributed by atoms with Crippen molar-refractivity contribution >= 4 is 17.7 Å². The molecule has 0 saturated carbocycles. The molecule has 5 nitrogen and oxygen atoms in total. The monoisotopic (exact) mass is 288 g/mol. The van der Waals surface area contributed by atoms with Gasteiger partial charge in [-0.15, -0.1) is 0 Å². The van der Waals surface area contributed by atoms with Crippen molar-refractivity contribution in [2.24, 2.45) is 0 Å². The first-order valence-electron chi connectivity index (χ1n) is 6.20. The van der Waals surface area contributed by atoms with Crippen LogP contribution in [0.5, 0.6) is 0 Å². The van der Waals surface area contributed by atoms with Gasteiger partial charge in [0.2, 0.25) is 0 Å². The summed E-state index contributed by atoms with van der Waals surface area (Å²) in [5, 5.41) is 10.7. The van der Waals surface area contributed by atoms with Crippen LogP contribution in [-0.4, -0.2) is 18.3 Å². The Labute approximate surface area is 120 Å². The molecule has 21 heavy (non-hydrogen) atoms. The van der Waals surface area contributed by atoms with Crippen molar-refractivity contribution < 1.29 is 14.1 Å². The van der Waals surface area contributed by atoms with Gasteiger partial charge in [0.25, 0.3) is 5.69 Å². The van der Waals surface area contributed by atoms with Gasteiger partial charge in [-0.2, -0.15) is 0 Å². The molecule has 0 fully saturated rings. The molecule has 0 saturated heterocycles. The minimum Gasteiger partial charge on any atom is -0.370 e. The number of halogens is 1. The van der Waals surface area contributed by atoms with E-state index in [1.165, 1.54) is 30.3 Å². The van der Waals surface area contributed by atoms with Gasteiger partial charge in [-0.3, -0.25) is 14.9 Å². The number of aldehydes is 1. The molecule has 0 bridgehead atoms. The lowest BCUT2D eigenvalue weighted by atomic mass is 10.1. The van der Waals surface area contributed by atoms with Crippen LogP contribution < -0.4 is 4.90 Å². The zero-order valence-electron chi connectivity index (χ0n) is 11.3. The number of nitro groups is 1. The van der Waals surface area contributed by atoms with Gasteiger partial charge in [-0.1, -0.05) is 12.1 Å². The fourth-order valence-corrected chi connectivity index (χ4v) is 2.05. The Morgan fingerprint density at radius 2 is 1.90 bits per heavy atom. The summed E-state index contributed by atoms with van der Waals surface area (Å²) in [5.74, 6) is -0.315. The highest BCUT2D eigenvalue weighted by molar-refractivity contribution is 5.85. The minimum atomic E-state index is -0.545. The summed E-state index contributed by atoms with van der Waals surface area (Å²) in [7, 11) is 1.76. The summed E-state index contributed by atoms with van der Waals surface area (Å²) < 4.78 is 12.9. The Hall–Kier alpha value is -2.76. The van der Waals surface area contributed by atoms with Crippen molar-refractivity contribution in [3.05, 3.63) is 69.5 Å². The number of benzene rings is 2. The molecule has 0 aliphatic carbocycles. The van der Waals surface area contributed by atoms with Gasteiger partial charge in [0.1, 0.15) is 5.82 Å². The molecule has 0 atom stereocenters. The fourth-order valence-electron chi connectivity index (χ4n) is 2.05. The van der Waals surface area contributed by atoms with E-state index in [1.54, 1.807) is 24.1 Å². The van der Waals surface area contributed by atoms with E-state index in [0.29, 0.717) is 18.5 Å². The maximum absolute atomic E-state index is 12.9. The number of hydrogen-bond acceptors (Lipinski definition) is 4. The Balaban J connectivity index is 2.26. The van der Waals surface area contributed by atoms with Crippen molar-refractivity contribution in [3.8, 4) is 0 Å². The number of nitrogens with zero attached hydrogens (tertiary/aromatic N) is 2. The molecule has 0 aliphatic rings. The minimum absolute atomic E-state index is 0.129. The molecular formula is C15H13FN2O3. The van der Waals surface area contributed by atoms with Crippen molar-refractivity contribution in [2.75, 3.05) is 11.9 Å². The topological polar surface area (TPSA) is 63.4 Å². The molecule has 0 aromatic heterocycles. The van der Waals surface area contributed by atoms with Gasteiger partial charge in [0, 0.05) is 37.0 Å². The van der Waals surface area contributed by atoms with Crippen LogP contribution in [0.3, 0.4) is 0 Å². The van der Waals surface area contributed by atoms with Crippen LogP contribution >= 0.6 is 0 Å². The Kier molecular flexibility index (Phi) is 4.27. The molecule has 2 aromatic carbocycles. The second-order valence-electron chi connectivity index (χ2n) is 4.60. The molecule has 108 valence electrons. The van der Waals surface area contributed by atoms with Crippen LogP contribution in [0.2, 0.25) is 0 Å². The second-order valence-corrected chi connectivity index (χ2v) is 4.60. The lowest BCUT2D eigenvalue weighted by Gasteiger charge is -2.21. The van der Waals surface area contributed by atoms with E-state index < -0.39 is 4.92 Å². The summed E-state index contributed by atoms with van der Waals surface area (Å²) in [6.07, 6.45) is 0.587. The van der Waals surface area contributed by atoms with Crippen LogP contribution in [-0.2, 0) is 6.54 Å². The maximum atomic E-state index is 12.9. The highest BCUT2D eigenvalue weighted by atomic mass is 19.1. The van der Waals surface area contributed by atoms with Crippen molar-refractivity contribution in [3.63, 3.8) is 0 Å². The predicted molar refractivity (Wildman–Crippen MR) is 77.0 cm³/mol. The number of anilines is 1. The van der Waals surface area contributed by atoms with Crippen LogP contribution in [0.25, 0.3) is 0 Å². The molecule has 6 heteroatoms. The first-order chi connectivity index (χ1) is 10.0. The van der Waals surface area contributed by atoms with Crippen molar-refractivity contribution in [2.45, 2.75) is 6.54 Å². The molecule has 0 heterocycles. The molecule has 2 rings (SSSR count). The Morgan fingerprint density at radius 1 is 1.24 bits per heavy atom. The number of nitro benzene ring substituents is 1. The van der Waals surface area contributed by atoms with E-state index in [1.807, 2.05) is 0 Å². The highest BCUT2D eigenvalue weighted by Gasteiger charge is 2.13. The van der Waals surface area contributed by atoms with Gasteiger partial charge < -0.3 is 4.90 Å². The zero-order valence-corrected chi connectivity index (χ0v) is 11.3. The van der Waals surface area contributed by atoms with Crippen molar-refractivity contribution in [1.29, 1.82) is 0 Å². The van der Waals surface area contributed by atoms with E-state index in [9.17, 15) is 19.3 Å². The first kappa shape index (κ1) is 14.6. The van der Waals surface area contributed by atoms with Crippen molar-refractivity contribution in [1.82, 2.24) is 0 Å². The van der Waals surface area contributed by atoms with E-state index >= 15 is 0 Å². The standard InChI is InChI=1S/C15H13FN2O3/c1-17(9-11-2-4-13(16)5-3-11)15-7-6-14(18(20)21)8-12(15)10-19/h2-8,10H,9H2,1H3. The smallest absolute Gasteiger partial charge is 0.270 e. The lowest BCUT2D eigenvalue weighted by Crippen LogP contribution is -2.18. The Bertz CT molecular complexity index is 671. The molecular weight excluding hydrogens is 275 g/mol. The largest absolute Gasteiger partial charge is 0.370 e. The number of rotatable bonds is 5. The molecule has 0 spiro atoms. The second kappa shape index (κ2) is 6.13. The van der Waals surface area contributed by atoms with E-state index in [0.717, 1.165) is 5.56 Å². The molecule has 2 aromatic rings. The summed E-state index contributed by atoms with van der Waals surface area (Å²) in [4.78, 5) is 23.1. The van der Waals surface area contributed by atoms with Crippen LogP contribution in [0.4, 0.5) is 15.8 Å². The van der Waals surface area contributed by atoms with Gasteiger partial charge in [0.15, 0.2) is 6.29 Å². The maximum Gasteiger partial charge on any atom is 0.270 e. The first-order valence-corrected chi connectivity index (χ1v) is 6.20. The molecule has 0 N–H and O–H groups in total. The Morgan fingerprint density at radius 3 is 2.48 bits per heavy atom. The molecule has 0 amide bonds. The molecule has 0 radical (unpaired) electrons. The van der Waals surface area contributed by atoms with Crippen LogP contribution in [0.1, 0.15) is 15.9 Å².